The van der Waals surface area contributed by atoms with Crippen molar-refractivity contribution in [2.75, 3.05) is 6.16 Å². The van der Waals surface area contributed by atoms with Gasteiger partial charge >= 0.3 is 0 Å². The van der Waals surface area contributed by atoms with Gasteiger partial charge in [-0.05, 0) is 19.0 Å². The monoisotopic (exact) mass is 158 g/mol. The Morgan fingerprint density at radius 1 is 1.43 bits per heavy atom. The van der Waals surface area contributed by atoms with Gasteiger partial charge in [0.15, 0.2) is 0 Å². The Bertz CT molecular complexity index is 38.7. The van der Waals surface area contributed by atoms with Crippen molar-refractivity contribution in [3.63, 3.8) is 0 Å². The smallest absolute Gasteiger partial charge is 0.107 e. The van der Waals surface area contributed by atoms with Crippen LogP contribution < -0.4 is 0 Å². The van der Waals surface area contributed by atoms with Crippen molar-refractivity contribution in [1.82, 2.24) is 0 Å². The quantitative estimate of drug-likeness (QED) is 0.438. The SMILES string of the molecule is PCCCC(Cl)Cl. The third kappa shape index (κ3) is 7.01. The summed E-state index contributed by atoms with van der Waals surface area (Å²) in [6.45, 7) is 0. The third-order valence-electron chi connectivity index (χ3n) is 0.626. The lowest BCUT2D eigenvalue weighted by atomic mass is 10.4. The van der Waals surface area contributed by atoms with E-state index in [1.807, 2.05) is 0 Å². The van der Waals surface area contributed by atoms with E-state index in [0.717, 1.165) is 19.0 Å². The van der Waals surface area contributed by atoms with E-state index in [-0.39, 0.29) is 4.84 Å². The molecule has 0 N–H and O–H groups in total. The Morgan fingerprint density at radius 2 is 2.00 bits per heavy atom. The summed E-state index contributed by atoms with van der Waals surface area (Å²) in [5.74, 6) is 0. The molecule has 0 aromatic rings. The predicted molar refractivity (Wildman–Crippen MR) is 39.3 cm³/mol. The number of alkyl halides is 2. The van der Waals surface area contributed by atoms with Crippen LogP contribution >= 0.6 is 32.4 Å². The van der Waals surface area contributed by atoms with Gasteiger partial charge in [-0.25, -0.2) is 0 Å². The number of rotatable bonds is 3. The minimum absolute atomic E-state index is 0.166. The van der Waals surface area contributed by atoms with Gasteiger partial charge in [-0.3, -0.25) is 0 Å². The van der Waals surface area contributed by atoms with Crippen LogP contribution in [0.1, 0.15) is 12.8 Å². The Morgan fingerprint density at radius 3 is 2.14 bits per heavy atom. The first-order valence-electron chi connectivity index (χ1n) is 2.25. The van der Waals surface area contributed by atoms with Crippen LogP contribution in [0.25, 0.3) is 0 Å². The molecule has 0 bridgehead atoms. The first-order chi connectivity index (χ1) is 3.27. The molecule has 3 heteroatoms. The molecule has 0 spiro atoms. The summed E-state index contributed by atoms with van der Waals surface area (Å²) < 4.78 is 0. The van der Waals surface area contributed by atoms with Crippen LogP contribution in [0.3, 0.4) is 0 Å². The molecule has 0 saturated carbocycles. The molecule has 0 saturated heterocycles. The molecule has 0 nitrogen and oxygen atoms in total. The summed E-state index contributed by atoms with van der Waals surface area (Å²) in [6, 6.07) is 0. The number of hydrogen-bond acceptors (Lipinski definition) is 0. The third-order valence-corrected chi connectivity index (χ3v) is 1.47. The zero-order chi connectivity index (χ0) is 5.70. The first kappa shape index (κ1) is 8.01. The van der Waals surface area contributed by atoms with E-state index in [2.05, 4.69) is 9.24 Å². The van der Waals surface area contributed by atoms with Gasteiger partial charge < -0.3 is 0 Å². The van der Waals surface area contributed by atoms with E-state index in [1.165, 1.54) is 0 Å². The lowest BCUT2D eigenvalue weighted by Gasteiger charge is -1.94. The molecule has 0 aliphatic carbocycles. The fourth-order valence-electron chi connectivity index (χ4n) is 0.272. The van der Waals surface area contributed by atoms with Gasteiger partial charge in [-0.15, -0.1) is 32.4 Å². The van der Waals surface area contributed by atoms with E-state index >= 15 is 0 Å². The Balaban J connectivity index is 2.68. The van der Waals surface area contributed by atoms with Crippen LogP contribution in [0.5, 0.6) is 0 Å². The van der Waals surface area contributed by atoms with Gasteiger partial charge in [0.05, 0.1) is 0 Å². The van der Waals surface area contributed by atoms with Crippen LogP contribution in [-0.4, -0.2) is 11.0 Å². The molecular formula is C4H9Cl2P. The normalized spacial score (nSPS) is 10.3. The molecule has 7 heavy (non-hydrogen) atoms. The van der Waals surface area contributed by atoms with Crippen molar-refractivity contribution in [2.45, 2.75) is 17.7 Å². The highest BCUT2D eigenvalue weighted by Gasteiger charge is 1.93. The van der Waals surface area contributed by atoms with Crippen LogP contribution in [0.15, 0.2) is 0 Å². The van der Waals surface area contributed by atoms with Gasteiger partial charge in [-0.1, -0.05) is 0 Å². The second-order valence-corrected chi connectivity index (χ2v) is 3.18. The van der Waals surface area contributed by atoms with Crippen molar-refractivity contribution in [2.24, 2.45) is 0 Å². The van der Waals surface area contributed by atoms with Gasteiger partial charge in [-0.2, -0.15) is 0 Å². The lowest BCUT2D eigenvalue weighted by molar-refractivity contribution is 0.869. The van der Waals surface area contributed by atoms with Crippen molar-refractivity contribution >= 4 is 32.4 Å². The van der Waals surface area contributed by atoms with Crippen LogP contribution in [0.2, 0.25) is 0 Å². The van der Waals surface area contributed by atoms with Crippen LogP contribution in [0.4, 0.5) is 0 Å². The summed E-state index contributed by atoms with van der Waals surface area (Å²) in [6.07, 6.45) is 3.10. The van der Waals surface area contributed by atoms with E-state index in [0.29, 0.717) is 0 Å². The second kappa shape index (κ2) is 5.15. The largest absolute Gasteiger partial charge is 0.138 e. The average Bonchev–Trinajstić information content (AvgIpc) is 1.61. The molecule has 0 aromatic heterocycles. The zero-order valence-electron chi connectivity index (χ0n) is 4.03. The molecule has 0 aromatic carbocycles. The average molecular weight is 159 g/mol. The summed E-state index contributed by atoms with van der Waals surface area (Å²) in [5.41, 5.74) is 0. The van der Waals surface area contributed by atoms with Crippen molar-refractivity contribution < 1.29 is 0 Å². The highest BCUT2D eigenvalue weighted by Crippen LogP contribution is 2.09. The van der Waals surface area contributed by atoms with E-state index < -0.39 is 0 Å². The first-order valence-corrected chi connectivity index (χ1v) is 3.94. The minimum Gasteiger partial charge on any atom is -0.138 e. The zero-order valence-corrected chi connectivity index (χ0v) is 6.70. The van der Waals surface area contributed by atoms with E-state index in [1.54, 1.807) is 0 Å². The molecule has 0 heterocycles. The second-order valence-electron chi connectivity index (χ2n) is 1.32. The van der Waals surface area contributed by atoms with Crippen molar-refractivity contribution in [1.29, 1.82) is 0 Å². The molecule has 0 amide bonds. The summed E-state index contributed by atoms with van der Waals surface area (Å²) in [5, 5.41) is 0. The van der Waals surface area contributed by atoms with Gasteiger partial charge in [0.2, 0.25) is 0 Å². The lowest BCUT2D eigenvalue weighted by Crippen LogP contribution is -1.85. The highest BCUT2D eigenvalue weighted by molar-refractivity contribution is 7.16. The van der Waals surface area contributed by atoms with Crippen molar-refractivity contribution in [3.8, 4) is 0 Å². The molecular weight excluding hydrogens is 150 g/mol. The maximum absolute atomic E-state index is 5.41. The Labute approximate surface area is 56.8 Å². The minimum atomic E-state index is -0.166. The summed E-state index contributed by atoms with van der Waals surface area (Å²) >= 11 is 10.8. The predicted octanol–water partition coefficient (Wildman–Crippen LogP) is 2.45. The maximum Gasteiger partial charge on any atom is 0.107 e. The summed E-state index contributed by atoms with van der Waals surface area (Å²) in [7, 11) is 2.63. The van der Waals surface area contributed by atoms with Crippen LogP contribution in [-0.2, 0) is 0 Å². The van der Waals surface area contributed by atoms with E-state index in [9.17, 15) is 0 Å². The highest BCUT2D eigenvalue weighted by atomic mass is 35.5. The van der Waals surface area contributed by atoms with Crippen LogP contribution in [0, 0.1) is 0 Å². The Hall–Kier alpha value is 1.01. The fourth-order valence-corrected chi connectivity index (χ4v) is 0.816. The number of hydrogen-bond donors (Lipinski definition) is 0. The molecule has 44 valence electrons. The standard InChI is InChI=1S/C4H9Cl2P/c5-4(6)2-1-3-7/h4H,1-3,7H2. The molecule has 0 rings (SSSR count). The molecule has 1 atom stereocenters. The fraction of sp³-hybridized carbons (Fsp3) is 1.00. The molecule has 1 unspecified atom stereocenters. The van der Waals surface area contributed by atoms with Gasteiger partial charge in [0.1, 0.15) is 4.84 Å². The summed E-state index contributed by atoms with van der Waals surface area (Å²) in [4.78, 5) is -0.166. The molecule has 0 aliphatic heterocycles. The van der Waals surface area contributed by atoms with Crippen molar-refractivity contribution in [3.05, 3.63) is 0 Å². The molecule has 0 aliphatic rings. The van der Waals surface area contributed by atoms with E-state index in [4.69, 9.17) is 23.2 Å². The maximum atomic E-state index is 5.41. The number of halogens is 2. The molecule has 0 fully saturated rings. The van der Waals surface area contributed by atoms with Gasteiger partial charge in [0, 0.05) is 0 Å². The molecule has 0 radical (unpaired) electrons. The topological polar surface area (TPSA) is 0 Å². The Kier molecular flexibility index (Phi) is 5.90. The van der Waals surface area contributed by atoms with Gasteiger partial charge in [0.25, 0.3) is 0 Å².